The molecule has 0 unspecified atom stereocenters. The van der Waals surface area contributed by atoms with E-state index >= 15 is 0 Å². The van der Waals surface area contributed by atoms with Crippen LogP contribution in [0, 0.1) is 30.3 Å². The first-order chi connectivity index (χ1) is 6.43. The molecule has 0 fully saturated rings. The Kier molecular flexibility index (Phi) is 3.19. The van der Waals surface area contributed by atoms with Crippen LogP contribution in [0.1, 0.15) is 25.0 Å². The summed E-state index contributed by atoms with van der Waals surface area (Å²) in [6, 6.07) is 1.08. The maximum atomic E-state index is 13.1. The van der Waals surface area contributed by atoms with Crippen molar-refractivity contribution in [2.24, 2.45) is 5.92 Å². The molecule has 1 rings (SSSR count). The van der Waals surface area contributed by atoms with E-state index in [-0.39, 0.29) is 11.5 Å². The van der Waals surface area contributed by atoms with Gasteiger partial charge in [0.15, 0.2) is 17.5 Å². The molecule has 0 nitrogen and oxygen atoms in total. The summed E-state index contributed by atoms with van der Waals surface area (Å²) in [7, 11) is 0. The third kappa shape index (κ3) is 2.08. The highest BCUT2D eigenvalue weighted by Crippen LogP contribution is 2.21. The van der Waals surface area contributed by atoms with Crippen molar-refractivity contribution in [1.29, 1.82) is 0 Å². The van der Waals surface area contributed by atoms with Crippen molar-refractivity contribution < 1.29 is 13.2 Å². The molecule has 0 heterocycles. The molecular formula is C11H13F3. The van der Waals surface area contributed by atoms with Crippen molar-refractivity contribution >= 4 is 0 Å². The van der Waals surface area contributed by atoms with Crippen molar-refractivity contribution in [2.45, 2.75) is 27.2 Å². The maximum Gasteiger partial charge on any atom is 0.194 e. The Morgan fingerprint density at radius 2 is 1.71 bits per heavy atom. The smallest absolute Gasteiger partial charge is 0.194 e. The summed E-state index contributed by atoms with van der Waals surface area (Å²) < 4.78 is 38.7. The number of rotatable bonds is 2. The van der Waals surface area contributed by atoms with Crippen LogP contribution in [-0.2, 0) is 6.42 Å². The van der Waals surface area contributed by atoms with Crippen molar-refractivity contribution in [3.05, 3.63) is 34.6 Å². The fourth-order valence-corrected chi connectivity index (χ4v) is 1.39. The van der Waals surface area contributed by atoms with E-state index in [9.17, 15) is 13.2 Å². The van der Waals surface area contributed by atoms with Crippen LogP contribution < -0.4 is 0 Å². The summed E-state index contributed by atoms with van der Waals surface area (Å²) in [5.74, 6) is -3.27. The molecule has 0 saturated carbocycles. The lowest BCUT2D eigenvalue weighted by Gasteiger charge is -2.10. The van der Waals surface area contributed by atoms with E-state index in [1.807, 2.05) is 13.8 Å². The molecule has 0 aliphatic carbocycles. The highest BCUT2D eigenvalue weighted by Gasteiger charge is 2.15. The van der Waals surface area contributed by atoms with Gasteiger partial charge in [0.25, 0.3) is 0 Å². The number of halogens is 3. The third-order valence-electron chi connectivity index (χ3n) is 2.14. The van der Waals surface area contributed by atoms with E-state index < -0.39 is 17.5 Å². The van der Waals surface area contributed by atoms with Gasteiger partial charge in [0.1, 0.15) is 0 Å². The van der Waals surface area contributed by atoms with Gasteiger partial charge in [-0.15, -0.1) is 0 Å². The van der Waals surface area contributed by atoms with Crippen molar-refractivity contribution in [1.82, 2.24) is 0 Å². The minimum atomic E-state index is -1.38. The quantitative estimate of drug-likeness (QED) is 0.642. The summed E-state index contributed by atoms with van der Waals surface area (Å²) in [5.41, 5.74) is 0.744. The van der Waals surface area contributed by atoms with Gasteiger partial charge >= 0.3 is 0 Å². The maximum absolute atomic E-state index is 13.1. The van der Waals surface area contributed by atoms with Gasteiger partial charge in [0.2, 0.25) is 0 Å². The van der Waals surface area contributed by atoms with Crippen LogP contribution in [0.2, 0.25) is 0 Å². The fourth-order valence-electron chi connectivity index (χ4n) is 1.39. The molecule has 0 amide bonds. The number of hydrogen-bond donors (Lipinski definition) is 0. The monoisotopic (exact) mass is 202 g/mol. The van der Waals surface area contributed by atoms with Crippen LogP contribution in [0.15, 0.2) is 6.07 Å². The normalized spacial score (nSPS) is 11.1. The highest BCUT2D eigenvalue weighted by atomic mass is 19.2. The van der Waals surface area contributed by atoms with E-state index in [1.54, 1.807) is 0 Å². The Labute approximate surface area is 81.8 Å². The van der Waals surface area contributed by atoms with Crippen LogP contribution in [0.4, 0.5) is 13.2 Å². The van der Waals surface area contributed by atoms with Crippen molar-refractivity contribution in [3.8, 4) is 0 Å². The largest absolute Gasteiger partial charge is 0.204 e. The predicted molar refractivity (Wildman–Crippen MR) is 49.6 cm³/mol. The second kappa shape index (κ2) is 4.03. The van der Waals surface area contributed by atoms with Crippen LogP contribution >= 0.6 is 0 Å². The fraction of sp³-hybridized carbons (Fsp3) is 0.455. The Bertz CT molecular complexity index is 343. The van der Waals surface area contributed by atoms with Crippen LogP contribution in [0.3, 0.4) is 0 Å². The molecule has 1 aromatic rings. The molecule has 0 bridgehead atoms. The summed E-state index contributed by atoms with van der Waals surface area (Å²) in [6.45, 7) is 5.35. The first-order valence-electron chi connectivity index (χ1n) is 4.56. The topological polar surface area (TPSA) is 0 Å². The first kappa shape index (κ1) is 11.1. The summed E-state index contributed by atoms with van der Waals surface area (Å²) >= 11 is 0. The van der Waals surface area contributed by atoms with Gasteiger partial charge in [0.05, 0.1) is 0 Å². The zero-order valence-electron chi connectivity index (χ0n) is 8.50. The van der Waals surface area contributed by atoms with Crippen molar-refractivity contribution in [3.63, 3.8) is 0 Å². The summed E-state index contributed by atoms with van der Waals surface area (Å²) in [5, 5.41) is 0. The summed E-state index contributed by atoms with van der Waals surface area (Å²) in [4.78, 5) is 0. The Balaban J connectivity index is 3.19. The van der Waals surface area contributed by atoms with Crippen LogP contribution in [0.5, 0.6) is 0 Å². The molecule has 0 aliphatic heterocycles. The minimum Gasteiger partial charge on any atom is -0.204 e. The molecule has 14 heavy (non-hydrogen) atoms. The Morgan fingerprint density at radius 1 is 1.14 bits per heavy atom. The van der Waals surface area contributed by atoms with Gasteiger partial charge in [0, 0.05) is 0 Å². The van der Waals surface area contributed by atoms with E-state index in [1.165, 1.54) is 6.92 Å². The van der Waals surface area contributed by atoms with Crippen molar-refractivity contribution in [2.75, 3.05) is 0 Å². The zero-order valence-corrected chi connectivity index (χ0v) is 8.50. The molecule has 0 aromatic heterocycles. The second-order valence-corrected chi connectivity index (χ2v) is 3.87. The molecule has 0 aliphatic rings. The molecule has 0 N–H and O–H groups in total. The van der Waals surface area contributed by atoms with Gasteiger partial charge < -0.3 is 0 Å². The average Bonchev–Trinajstić information content (AvgIpc) is 2.10. The number of hydrogen-bond acceptors (Lipinski definition) is 0. The highest BCUT2D eigenvalue weighted by molar-refractivity contribution is 5.29. The minimum absolute atomic E-state index is 0.206. The molecule has 0 saturated heterocycles. The Morgan fingerprint density at radius 3 is 2.21 bits per heavy atom. The van der Waals surface area contributed by atoms with Gasteiger partial charge in [-0.3, -0.25) is 0 Å². The molecule has 0 radical (unpaired) electrons. The first-order valence-corrected chi connectivity index (χ1v) is 4.56. The molecule has 3 heteroatoms. The zero-order chi connectivity index (χ0) is 10.9. The van der Waals surface area contributed by atoms with Crippen LogP contribution in [0.25, 0.3) is 0 Å². The molecule has 0 atom stereocenters. The lowest BCUT2D eigenvalue weighted by atomic mass is 9.98. The van der Waals surface area contributed by atoms with Gasteiger partial charge in [-0.25, -0.2) is 13.2 Å². The van der Waals surface area contributed by atoms with Gasteiger partial charge in [-0.05, 0) is 36.5 Å². The lowest BCUT2D eigenvalue weighted by Crippen LogP contribution is -2.03. The SMILES string of the molecule is Cc1c(CC(C)C)cc(F)c(F)c1F. The molecular weight excluding hydrogens is 189 g/mol. The van der Waals surface area contributed by atoms with Gasteiger partial charge in [-0.1, -0.05) is 13.8 Å². The van der Waals surface area contributed by atoms with E-state index in [4.69, 9.17) is 0 Å². The predicted octanol–water partition coefficient (Wildman–Crippen LogP) is 3.61. The second-order valence-electron chi connectivity index (χ2n) is 3.87. The van der Waals surface area contributed by atoms with E-state index in [2.05, 4.69) is 0 Å². The number of benzene rings is 1. The molecule has 1 aromatic carbocycles. The van der Waals surface area contributed by atoms with Crippen LogP contribution in [-0.4, -0.2) is 0 Å². The lowest BCUT2D eigenvalue weighted by molar-refractivity contribution is 0.439. The summed E-state index contributed by atoms with van der Waals surface area (Å²) in [6.07, 6.45) is 0.556. The molecule has 0 spiro atoms. The molecule has 78 valence electrons. The third-order valence-corrected chi connectivity index (χ3v) is 2.14. The van der Waals surface area contributed by atoms with E-state index in [0.29, 0.717) is 12.0 Å². The van der Waals surface area contributed by atoms with Gasteiger partial charge in [-0.2, -0.15) is 0 Å². The Hall–Kier alpha value is -0.990. The average molecular weight is 202 g/mol. The standard InChI is InChI=1S/C11H13F3/c1-6(2)4-8-5-9(12)11(14)10(13)7(8)3/h5-6H,4H2,1-3H3. The van der Waals surface area contributed by atoms with E-state index in [0.717, 1.165) is 6.07 Å².